The van der Waals surface area contributed by atoms with Crippen LogP contribution in [-0.4, -0.2) is 30.5 Å². The maximum Gasteiger partial charge on any atom is 0.276 e. The van der Waals surface area contributed by atoms with Crippen molar-refractivity contribution in [3.63, 3.8) is 0 Å². The Bertz CT molecular complexity index is 1140. The number of carbonyl (C=O) groups is 2. The van der Waals surface area contributed by atoms with Crippen LogP contribution in [0.3, 0.4) is 0 Å². The van der Waals surface area contributed by atoms with Gasteiger partial charge in [0.1, 0.15) is 17.7 Å². The van der Waals surface area contributed by atoms with E-state index < -0.39 is 18.0 Å². The van der Waals surface area contributed by atoms with Crippen LogP contribution in [0.25, 0.3) is 0 Å². The lowest BCUT2D eigenvalue weighted by Gasteiger charge is -2.37. The summed E-state index contributed by atoms with van der Waals surface area (Å²) in [5, 5.41) is 5.49. The van der Waals surface area contributed by atoms with Gasteiger partial charge in [0, 0.05) is 15.7 Å². The van der Waals surface area contributed by atoms with Gasteiger partial charge in [-0.15, -0.1) is 0 Å². The molecule has 1 aliphatic heterocycles. The molecule has 0 bridgehead atoms. The highest BCUT2D eigenvalue weighted by Crippen LogP contribution is 2.34. The van der Waals surface area contributed by atoms with Crippen molar-refractivity contribution >= 4 is 40.7 Å². The Labute approximate surface area is 194 Å². The molecule has 3 aromatic rings. The van der Waals surface area contributed by atoms with Gasteiger partial charge >= 0.3 is 0 Å². The second-order valence-corrected chi connectivity index (χ2v) is 7.84. The fourth-order valence-corrected chi connectivity index (χ4v) is 3.56. The minimum absolute atomic E-state index is 0.289. The van der Waals surface area contributed by atoms with Crippen LogP contribution >= 0.6 is 23.2 Å². The van der Waals surface area contributed by atoms with Crippen molar-refractivity contribution in [3.05, 3.63) is 87.9 Å². The molecular formula is C23H19Cl2N3O4. The Morgan fingerprint density at radius 3 is 2.34 bits per heavy atom. The number of hydrogen-bond acceptors (Lipinski definition) is 5. The van der Waals surface area contributed by atoms with Crippen LogP contribution in [0.2, 0.25) is 10.0 Å². The highest BCUT2D eigenvalue weighted by molar-refractivity contribution is 6.31. The molecule has 4 rings (SSSR count). The summed E-state index contributed by atoms with van der Waals surface area (Å²) in [5.74, 6) is 0.257. The standard InChI is InChI=1S/C23H19Cl2N3O4/c1-31-17-7-2-14(3-8-17)22-26-20-11-6-16(25)12-19(20)23(30)28(22)27-21(29)13-32-18-9-4-15(24)5-10-18/h2-12,22,26H,13H2,1H3,(H,27,29). The lowest BCUT2D eigenvalue weighted by molar-refractivity contribution is -0.127. The summed E-state index contributed by atoms with van der Waals surface area (Å²) < 4.78 is 10.7. The van der Waals surface area contributed by atoms with Gasteiger partial charge in [0.25, 0.3) is 11.8 Å². The number of carbonyl (C=O) groups excluding carboxylic acids is 2. The lowest BCUT2D eigenvalue weighted by Crippen LogP contribution is -2.53. The Balaban J connectivity index is 1.57. The van der Waals surface area contributed by atoms with Crippen LogP contribution in [-0.2, 0) is 4.79 Å². The number of amides is 2. The molecule has 9 heteroatoms. The van der Waals surface area contributed by atoms with E-state index in [2.05, 4.69) is 10.7 Å². The van der Waals surface area contributed by atoms with Crippen molar-refractivity contribution in [3.8, 4) is 11.5 Å². The predicted octanol–water partition coefficient (Wildman–Crippen LogP) is 4.68. The zero-order valence-corrected chi connectivity index (χ0v) is 18.5. The molecule has 1 heterocycles. The Hall–Kier alpha value is -3.42. The van der Waals surface area contributed by atoms with E-state index in [4.69, 9.17) is 32.7 Å². The number of ether oxygens (including phenoxy) is 2. The number of benzene rings is 3. The molecule has 0 aliphatic carbocycles. The van der Waals surface area contributed by atoms with Gasteiger partial charge < -0.3 is 14.8 Å². The Morgan fingerprint density at radius 1 is 1.00 bits per heavy atom. The molecule has 32 heavy (non-hydrogen) atoms. The van der Waals surface area contributed by atoms with Crippen molar-refractivity contribution in [2.75, 3.05) is 19.0 Å². The van der Waals surface area contributed by atoms with Crippen molar-refractivity contribution in [2.24, 2.45) is 0 Å². The number of fused-ring (bicyclic) bond motifs is 1. The molecule has 2 amide bonds. The second kappa shape index (κ2) is 9.38. The molecule has 3 aromatic carbocycles. The molecular weight excluding hydrogens is 453 g/mol. The van der Waals surface area contributed by atoms with Gasteiger partial charge in [0.05, 0.1) is 12.7 Å². The quantitative estimate of drug-likeness (QED) is 0.545. The average molecular weight is 472 g/mol. The largest absolute Gasteiger partial charge is 0.497 e. The first-order valence-electron chi connectivity index (χ1n) is 9.66. The van der Waals surface area contributed by atoms with Gasteiger partial charge in [-0.2, -0.15) is 0 Å². The first-order chi connectivity index (χ1) is 15.4. The van der Waals surface area contributed by atoms with Crippen LogP contribution in [0, 0.1) is 0 Å². The third-order valence-electron chi connectivity index (χ3n) is 4.84. The topological polar surface area (TPSA) is 79.9 Å². The van der Waals surface area contributed by atoms with E-state index >= 15 is 0 Å². The van der Waals surface area contributed by atoms with E-state index in [-0.39, 0.29) is 6.61 Å². The molecule has 7 nitrogen and oxygen atoms in total. The van der Waals surface area contributed by atoms with Crippen LogP contribution in [0.1, 0.15) is 22.1 Å². The van der Waals surface area contributed by atoms with Crippen LogP contribution in [0.15, 0.2) is 66.7 Å². The summed E-state index contributed by atoms with van der Waals surface area (Å²) in [4.78, 5) is 25.9. The molecule has 1 aliphatic rings. The molecule has 0 aromatic heterocycles. The van der Waals surface area contributed by atoms with Crippen molar-refractivity contribution in [2.45, 2.75) is 6.17 Å². The van der Waals surface area contributed by atoms with Crippen molar-refractivity contribution in [1.29, 1.82) is 0 Å². The van der Waals surface area contributed by atoms with Gasteiger partial charge in [-0.3, -0.25) is 15.0 Å². The minimum atomic E-state index is -0.651. The normalized spacial score (nSPS) is 14.9. The summed E-state index contributed by atoms with van der Waals surface area (Å²) in [6, 6.07) is 18.8. The number of hydrazine groups is 1. The number of rotatable bonds is 6. The maximum atomic E-state index is 13.3. The summed E-state index contributed by atoms with van der Waals surface area (Å²) in [6.07, 6.45) is -0.651. The minimum Gasteiger partial charge on any atom is -0.497 e. The van der Waals surface area contributed by atoms with Gasteiger partial charge in [-0.05, 0) is 60.2 Å². The van der Waals surface area contributed by atoms with E-state index in [0.29, 0.717) is 32.8 Å². The monoisotopic (exact) mass is 471 g/mol. The summed E-state index contributed by atoms with van der Waals surface area (Å²) in [6.45, 7) is -0.289. The molecule has 1 atom stereocenters. The molecule has 0 saturated carbocycles. The summed E-state index contributed by atoms with van der Waals surface area (Å²) >= 11 is 11.9. The van der Waals surface area contributed by atoms with Crippen molar-refractivity contribution in [1.82, 2.24) is 10.4 Å². The van der Waals surface area contributed by atoms with Crippen LogP contribution in [0.5, 0.6) is 11.5 Å². The third-order valence-corrected chi connectivity index (χ3v) is 5.33. The van der Waals surface area contributed by atoms with E-state index in [1.54, 1.807) is 61.7 Å². The number of nitrogens with zero attached hydrogens (tertiary/aromatic N) is 1. The van der Waals surface area contributed by atoms with Gasteiger partial charge in [-0.1, -0.05) is 35.3 Å². The van der Waals surface area contributed by atoms with Crippen molar-refractivity contribution < 1.29 is 19.1 Å². The van der Waals surface area contributed by atoms with E-state index in [0.717, 1.165) is 5.56 Å². The first-order valence-corrected chi connectivity index (χ1v) is 10.4. The molecule has 0 fully saturated rings. The number of nitrogens with one attached hydrogen (secondary N) is 2. The molecule has 0 spiro atoms. The lowest BCUT2D eigenvalue weighted by atomic mass is 10.0. The van der Waals surface area contributed by atoms with Gasteiger partial charge in [0.2, 0.25) is 0 Å². The highest BCUT2D eigenvalue weighted by atomic mass is 35.5. The molecule has 0 radical (unpaired) electrons. The number of halogens is 2. The zero-order chi connectivity index (χ0) is 22.7. The number of hydrogen-bond donors (Lipinski definition) is 2. The number of methoxy groups -OCH3 is 1. The molecule has 164 valence electrons. The fraction of sp³-hybridized carbons (Fsp3) is 0.130. The number of anilines is 1. The summed E-state index contributed by atoms with van der Waals surface area (Å²) in [5.41, 5.74) is 4.36. The molecule has 0 saturated heterocycles. The predicted molar refractivity (Wildman–Crippen MR) is 122 cm³/mol. The van der Waals surface area contributed by atoms with E-state index in [1.807, 2.05) is 12.1 Å². The Morgan fingerprint density at radius 2 is 1.66 bits per heavy atom. The van der Waals surface area contributed by atoms with Gasteiger partial charge in [0.15, 0.2) is 6.61 Å². The molecule has 1 unspecified atom stereocenters. The van der Waals surface area contributed by atoms with Crippen LogP contribution in [0.4, 0.5) is 5.69 Å². The van der Waals surface area contributed by atoms with E-state index in [1.165, 1.54) is 5.01 Å². The smallest absolute Gasteiger partial charge is 0.276 e. The molecule has 2 N–H and O–H groups in total. The van der Waals surface area contributed by atoms with Gasteiger partial charge in [-0.25, -0.2) is 5.01 Å². The average Bonchev–Trinajstić information content (AvgIpc) is 2.81. The first kappa shape index (κ1) is 21.8. The SMILES string of the molecule is COc1ccc(C2Nc3ccc(Cl)cc3C(=O)N2NC(=O)COc2ccc(Cl)cc2)cc1. The summed E-state index contributed by atoms with van der Waals surface area (Å²) in [7, 11) is 1.57. The highest BCUT2D eigenvalue weighted by Gasteiger charge is 2.34. The maximum absolute atomic E-state index is 13.3. The zero-order valence-electron chi connectivity index (χ0n) is 17.0. The van der Waals surface area contributed by atoms with Crippen LogP contribution < -0.4 is 20.2 Å². The van der Waals surface area contributed by atoms with E-state index in [9.17, 15) is 9.59 Å². The second-order valence-electron chi connectivity index (χ2n) is 6.96. The fourth-order valence-electron chi connectivity index (χ4n) is 3.26. The third kappa shape index (κ3) is 4.74. The Kier molecular flexibility index (Phi) is 6.39.